The van der Waals surface area contributed by atoms with Crippen molar-refractivity contribution in [3.05, 3.63) is 90.5 Å². The minimum Gasteiger partial charge on any atom is -0.397 e. The van der Waals surface area contributed by atoms with Crippen LogP contribution in [0.15, 0.2) is 84.2 Å². The number of carbonyl (C=O) groups is 1. The smallest absolute Gasteiger partial charge is 0.267 e. The number of amides is 1. The van der Waals surface area contributed by atoms with Crippen molar-refractivity contribution in [2.75, 3.05) is 11.1 Å². The van der Waals surface area contributed by atoms with Crippen molar-refractivity contribution < 1.29 is 13.2 Å². The molecule has 0 spiro atoms. The molecule has 162 valence electrons. The first-order valence-electron chi connectivity index (χ1n) is 9.72. The van der Waals surface area contributed by atoms with Crippen LogP contribution >= 0.6 is 0 Å². The minimum atomic E-state index is -3.76. The lowest BCUT2D eigenvalue weighted by Crippen LogP contribution is -2.10. The highest BCUT2D eigenvalue weighted by Crippen LogP contribution is 2.24. The van der Waals surface area contributed by atoms with Crippen LogP contribution in [0, 0.1) is 6.92 Å². The molecule has 1 amide bonds. The van der Waals surface area contributed by atoms with Gasteiger partial charge in [0.25, 0.3) is 10.0 Å². The second-order valence-electron chi connectivity index (χ2n) is 7.12. The lowest BCUT2D eigenvalue weighted by molar-refractivity contribution is -0.111. The lowest BCUT2D eigenvalue weighted by Gasteiger charge is -2.07. The molecule has 0 atom stereocenters. The molecule has 32 heavy (non-hydrogen) atoms. The number of hydrogen-bond acceptors (Lipinski definition) is 5. The molecule has 0 radical (unpaired) electrons. The number of hydrogen-bond donors (Lipinski definition) is 3. The number of rotatable bonds is 6. The zero-order chi connectivity index (χ0) is 22.7. The Morgan fingerprint density at radius 3 is 2.56 bits per heavy atom. The minimum absolute atomic E-state index is 0.158. The molecule has 0 saturated heterocycles. The number of benzene rings is 2. The van der Waals surface area contributed by atoms with E-state index >= 15 is 0 Å². The maximum absolute atomic E-state index is 13.0. The number of aromatic amines is 1. The Morgan fingerprint density at radius 2 is 1.88 bits per heavy atom. The van der Waals surface area contributed by atoms with Gasteiger partial charge in [0.2, 0.25) is 5.91 Å². The van der Waals surface area contributed by atoms with Gasteiger partial charge >= 0.3 is 0 Å². The fraction of sp³-hybridized carbons (Fsp3) is 0.0435. The largest absolute Gasteiger partial charge is 0.397 e. The van der Waals surface area contributed by atoms with Gasteiger partial charge in [0.15, 0.2) is 0 Å². The van der Waals surface area contributed by atoms with Crippen LogP contribution in [0.2, 0.25) is 0 Å². The molecular weight excluding hydrogens is 426 g/mol. The van der Waals surface area contributed by atoms with Gasteiger partial charge in [-0.2, -0.15) is 5.10 Å². The zero-order valence-electron chi connectivity index (χ0n) is 17.2. The van der Waals surface area contributed by atoms with Gasteiger partial charge in [-0.25, -0.2) is 12.4 Å². The molecule has 4 N–H and O–H groups in total. The molecule has 0 unspecified atom stereocenters. The van der Waals surface area contributed by atoms with Crippen LogP contribution < -0.4 is 11.1 Å². The third kappa shape index (κ3) is 4.33. The summed E-state index contributed by atoms with van der Waals surface area (Å²) in [7, 11) is -3.76. The second kappa shape index (κ2) is 8.56. The van der Waals surface area contributed by atoms with E-state index in [2.05, 4.69) is 15.5 Å². The van der Waals surface area contributed by atoms with Gasteiger partial charge in [-0.3, -0.25) is 9.89 Å². The maximum atomic E-state index is 13.0. The normalized spacial score (nSPS) is 11.7. The van der Waals surface area contributed by atoms with Crippen LogP contribution in [0.1, 0.15) is 11.3 Å². The van der Waals surface area contributed by atoms with Crippen LogP contribution in [0.4, 0.5) is 11.4 Å². The summed E-state index contributed by atoms with van der Waals surface area (Å²) in [5.74, 6) is -0.372. The van der Waals surface area contributed by atoms with Gasteiger partial charge in [0.05, 0.1) is 22.5 Å². The monoisotopic (exact) mass is 447 g/mol. The fourth-order valence-electron chi connectivity index (χ4n) is 3.17. The summed E-state index contributed by atoms with van der Waals surface area (Å²) >= 11 is 0. The lowest BCUT2D eigenvalue weighted by atomic mass is 10.1. The molecule has 9 heteroatoms. The van der Waals surface area contributed by atoms with E-state index in [4.69, 9.17) is 5.73 Å². The third-order valence-electron chi connectivity index (χ3n) is 4.91. The molecule has 2 aromatic heterocycles. The number of nitrogens with one attached hydrogen (secondary N) is 2. The molecule has 0 aliphatic rings. The SMILES string of the molecule is Cc1[nH]ncc1-c1ccc(S(=O)(=O)n2ccc(/C=C/C(=O)Nc3ccccc3N)c2)cc1. The third-order valence-corrected chi connectivity index (χ3v) is 6.56. The van der Waals surface area contributed by atoms with Crippen LogP contribution in [-0.2, 0) is 14.8 Å². The number of nitrogens with two attached hydrogens (primary N) is 1. The molecule has 0 saturated carbocycles. The average molecular weight is 448 g/mol. The molecule has 8 nitrogen and oxygen atoms in total. The van der Waals surface area contributed by atoms with Gasteiger partial charge in [-0.05, 0) is 54.5 Å². The molecule has 0 aliphatic heterocycles. The van der Waals surface area contributed by atoms with E-state index in [0.29, 0.717) is 16.9 Å². The molecule has 4 rings (SSSR count). The summed E-state index contributed by atoms with van der Waals surface area (Å²) < 4.78 is 27.0. The number of nitrogen functional groups attached to an aromatic ring is 1. The first-order valence-corrected chi connectivity index (χ1v) is 11.2. The Kier molecular flexibility index (Phi) is 5.65. The quantitative estimate of drug-likeness (QED) is 0.307. The highest BCUT2D eigenvalue weighted by Gasteiger charge is 2.17. The summed E-state index contributed by atoms with van der Waals surface area (Å²) in [6.07, 6.45) is 7.44. The van der Waals surface area contributed by atoms with Gasteiger partial charge in [0.1, 0.15) is 0 Å². The Labute approximate surface area is 185 Å². The Bertz CT molecular complexity index is 1400. The number of nitrogens with zero attached hydrogens (tertiary/aromatic N) is 2. The fourth-order valence-corrected chi connectivity index (χ4v) is 4.37. The number of anilines is 2. The molecule has 0 aliphatic carbocycles. The van der Waals surface area contributed by atoms with E-state index in [1.807, 2.05) is 6.92 Å². The average Bonchev–Trinajstić information content (AvgIpc) is 3.43. The Balaban J connectivity index is 1.48. The van der Waals surface area contributed by atoms with Crippen molar-refractivity contribution in [1.29, 1.82) is 0 Å². The van der Waals surface area contributed by atoms with E-state index in [1.54, 1.807) is 60.8 Å². The summed E-state index contributed by atoms with van der Waals surface area (Å²) in [6, 6.07) is 15.1. The number of aromatic nitrogens is 3. The second-order valence-corrected chi connectivity index (χ2v) is 8.97. The number of para-hydroxylation sites is 2. The van der Waals surface area contributed by atoms with E-state index in [1.165, 1.54) is 24.5 Å². The van der Waals surface area contributed by atoms with Crippen LogP contribution in [0.3, 0.4) is 0 Å². The van der Waals surface area contributed by atoms with E-state index in [0.717, 1.165) is 20.8 Å². The van der Waals surface area contributed by atoms with E-state index in [9.17, 15) is 13.2 Å². The van der Waals surface area contributed by atoms with Gasteiger partial charge < -0.3 is 11.1 Å². The topological polar surface area (TPSA) is 123 Å². The molecule has 4 aromatic rings. The predicted molar refractivity (Wildman–Crippen MR) is 124 cm³/mol. The molecule has 0 bridgehead atoms. The van der Waals surface area contributed by atoms with Crippen molar-refractivity contribution in [3.8, 4) is 11.1 Å². The molecule has 0 fully saturated rings. The summed E-state index contributed by atoms with van der Waals surface area (Å²) in [5, 5.41) is 9.53. The number of H-pyrrole nitrogens is 1. The summed E-state index contributed by atoms with van der Waals surface area (Å²) in [6.45, 7) is 1.90. The van der Waals surface area contributed by atoms with Crippen molar-refractivity contribution >= 4 is 33.4 Å². The molecule has 2 heterocycles. The standard InChI is InChI=1S/C23H21N5O3S/c1-16-20(14-25-27-16)18-7-9-19(10-8-18)32(30,31)28-13-12-17(15-28)6-11-23(29)26-22-5-3-2-4-21(22)24/h2-15H,24H2,1H3,(H,25,27)(H,26,29)/b11-6+. The Hall–Kier alpha value is -4.11. The van der Waals surface area contributed by atoms with E-state index in [-0.39, 0.29) is 10.8 Å². The van der Waals surface area contributed by atoms with E-state index < -0.39 is 10.0 Å². The number of aryl methyl sites for hydroxylation is 1. The molecular formula is C23H21N5O3S. The van der Waals surface area contributed by atoms with Crippen LogP contribution in [-0.4, -0.2) is 28.5 Å². The highest BCUT2D eigenvalue weighted by atomic mass is 32.2. The van der Waals surface area contributed by atoms with Crippen molar-refractivity contribution in [2.24, 2.45) is 0 Å². The zero-order valence-corrected chi connectivity index (χ0v) is 18.0. The summed E-state index contributed by atoms with van der Waals surface area (Å²) in [4.78, 5) is 12.3. The van der Waals surface area contributed by atoms with Crippen LogP contribution in [0.5, 0.6) is 0 Å². The maximum Gasteiger partial charge on any atom is 0.267 e. The van der Waals surface area contributed by atoms with Gasteiger partial charge in [0, 0.05) is 29.7 Å². The van der Waals surface area contributed by atoms with Crippen molar-refractivity contribution in [3.63, 3.8) is 0 Å². The van der Waals surface area contributed by atoms with Crippen LogP contribution in [0.25, 0.3) is 17.2 Å². The predicted octanol–water partition coefficient (Wildman–Crippen LogP) is 3.66. The van der Waals surface area contributed by atoms with Crippen molar-refractivity contribution in [1.82, 2.24) is 14.2 Å². The molecule has 2 aromatic carbocycles. The summed E-state index contributed by atoms with van der Waals surface area (Å²) in [5.41, 5.74) is 10.0. The highest BCUT2D eigenvalue weighted by molar-refractivity contribution is 7.90. The van der Waals surface area contributed by atoms with Gasteiger partial charge in [-0.15, -0.1) is 0 Å². The number of carbonyl (C=O) groups excluding carboxylic acids is 1. The van der Waals surface area contributed by atoms with Crippen molar-refractivity contribution in [2.45, 2.75) is 11.8 Å². The first kappa shape index (κ1) is 21.1. The Morgan fingerprint density at radius 1 is 1.12 bits per heavy atom. The van der Waals surface area contributed by atoms with Gasteiger partial charge in [-0.1, -0.05) is 24.3 Å². The first-order chi connectivity index (χ1) is 15.3.